The summed E-state index contributed by atoms with van der Waals surface area (Å²) < 4.78 is 5.28. The molecule has 4 nitrogen and oxygen atoms in total. The van der Waals surface area contributed by atoms with Crippen molar-refractivity contribution in [2.45, 2.75) is 32.7 Å². The summed E-state index contributed by atoms with van der Waals surface area (Å²) in [7, 11) is 0. The van der Waals surface area contributed by atoms with Gasteiger partial charge in [0.25, 0.3) is 0 Å². The van der Waals surface area contributed by atoms with Gasteiger partial charge in [0.15, 0.2) is 0 Å². The lowest BCUT2D eigenvalue weighted by molar-refractivity contribution is 0.325. The predicted molar refractivity (Wildman–Crippen MR) is 55.3 cm³/mol. The molecule has 0 amide bonds. The maximum absolute atomic E-state index is 5.79. The number of ether oxygens (including phenoxy) is 1. The number of rotatable bonds is 4. The van der Waals surface area contributed by atoms with E-state index in [9.17, 15) is 0 Å². The highest BCUT2D eigenvalue weighted by Crippen LogP contribution is 2.18. The van der Waals surface area contributed by atoms with Crippen LogP contribution in [0.4, 0.5) is 0 Å². The quantitative estimate of drug-likeness (QED) is 0.787. The van der Waals surface area contributed by atoms with Crippen LogP contribution in [0.5, 0.6) is 5.88 Å². The molecule has 1 aromatic heterocycles. The van der Waals surface area contributed by atoms with E-state index in [1.54, 1.807) is 0 Å². The Morgan fingerprint density at radius 3 is 2.71 bits per heavy atom. The molecular formula is C10H17N3O. The van der Waals surface area contributed by atoms with Crippen LogP contribution in [-0.4, -0.2) is 22.6 Å². The van der Waals surface area contributed by atoms with Gasteiger partial charge in [0.05, 0.1) is 12.3 Å². The van der Waals surface area contributed by atoms with Gasteiger partial charge in [-0.2, -0.15) is 0 Å². The monoisotopic (exact) mass is 195 g/mol. The van der Waals surface area contributed by atoms with Gasteiger partial charge in [0, 0.05) is 18.0 Å². The first kappa shape index (κ1) is 10.9. The highest BCUT2D eigenvalue weighted by Gasteiger charge is 2.12. The second-order valence-electron chi connectivity index (χ2n) is 3.36. The van der Waals surface area contributed by atoms with Gasteiger partial charge >= 0.3 is 0 Å². The second-order valence-corrected chi connectivity index (χ2v) is 3.36. The molecule has 1 rings (SSSR count). The van der Waals surface area contributed by atoms with Crippen LogP contribution in [0.15, 0.2) is 12.4 Å². The molecule has 0 aliphatic rings. The maximum Gasteiger partial charge on any atom is 0.216 e. The zero-order valence-electron chi connectivity index (χ0n) is 8.90. The van der Waals surface area contributed by atoms with E-state index in [2.05, 4.69) is 9.97 Å². The molecular weight excluding hydrogens is 178 g/mol. The largest absolute Gasteiger partial charge is 0.478 e. The summed E-state index contributed by atoms with van der Waals surface area (Å²) in [5.41, 5.74) is 6.72. The molecule has 4 heteroatoms. The van der Waals surface area contributed by atoms with E-state index >= 15 is 0 Å². The highest BCUT2D eigenvalue weighted by atomic mass is 16.5. The van der Waals surface area contributed by atoms with E-state index in [1.165, 1.54) is 6.33 Å². The first-order chi connectivity index (χ1) is 6.65. The smallest absolute Gasteiger partial charge is 0.216 e. The Bertz CT molecular complexity index is 288. The standard InChI is InChI=1S/C10H17N3O/c1-4-14-10-5-9(12-6-13-10)7(2)8(3)11/h5-8H,4,11H2,1-3H3. The third-order valence-corrected chi connectivity index (χ3v) is 2.21. The molecule has 0 aliphatic heterocycles. The predicted octanol–water partition coefficient (Wildman–Crippen LogP) is 1.33. The fraction of sp³-hybridized carbons (Fsp3) is 0.600. The molecule has 0 saturated carbocycles. The molecule has 0 spiro atoms. The first-order valence-electron chi connectivity index (χ1n) is 4.85. The molecule has 1 aromatic rings. The first-order valence-corrected chi connectivity index (χ1v) is 4.85. The molecule has 1 heterocycles. The highest BCUT2D eigenvalue weighted by molar-refractivity contribution is 5.17. The van der Waals surface area contributed by atoms with Gasteiger partial charge in [-0.05, 0) is 13.8 Å². The average molecular weight is 195 g/mol. The van der Waals surface area contributed by atoms with Crippen molar-refractivity contribution in [3.63, 3.8) is 0 Å². The van der Waals surface area contributed by atoms with Crippen molar-refractivity contribution in [3.05, 3.63) is 18.1 Å². The molecule has 0 saturated heterocycles. The lowest BCUT2D eigenvalue weighted by Gasteiger charge is -2.14. The van der Waals surface area contributed by atoms with Crippen molar-refractivity contribution < 1.29 is 4.74 Å². The molecule has 0 bridgehead atoms. The average Bonchev–Trinajstić information content (AvgIpc) is 2.17. The topological polar surface area (TPSA) is 61.0 Å². The summed E-state index contributed by atoms with van der Waals surface area (Å²) in [6.45, 7) is 6.55. The minimum atomic E-state index is 0.0828. The number of hydrogen-bond acceptors (Lipinski definition) is 4. The molecule has 0 fully saturated rings. The summed E-state index contributed by atoms with van der Waals surface area (Å²) in [6.07, 6.45) is 1.51. The zero-order chi connectivity index (χ0) is 10.6. The van der Waals surface area contributed by atoms with Crippen LogP contribution < -0.4 is 10.5 Å². The minimum Gasteiger partial charge on any atom is -0.478 e. The van der Waals surface area contributed by atoms with Crippen LogP contribution >= 0.6 is 0 Å². The summed E-state index contributed by atoms with van der Waals surface area (Å²) in [4.78, 5) is 8.17. The summed E-state index contributed by atoms with van der Waals surface area (Å²) >= 11 is 0. The van der Waals surface area contributed by atoms with E-state index in [0.717, 1.165) is 5.69 Å². The summed E-state index contributed by atoms with van der Waals surface area (Å²) in [6, 6.07) is 1.93. The van der Waals surface area contributed by atoms with Crippen molar-refractivity contribution in [2.75, 3.05) is 6.61 Å². The van der Waals surface area contributed by atoms with Crippen molar-refractivity contribution in [1.29, 1.82) is 0 Å². The third-order valence-electron chi connectivity index (χ3n) is 2.21. The van der Waals surface area contributed by atoms with Crippen LogP contribution in [0.3, 0.4) is 0 Å². The molecule has 78 valence electrons. The van der Waals surface area contributed by atoms with Crippen LogP contribution in [0.25, 0.3) is 0 Å². The normalized spacial score (nSPS) is 14.9. The van der Waals surface area contributed by atoms with E-state index in [1.807, 2.05) is 26.8 Å². The van der Waals surface area contributed by atoms with Crippen LogP contribution in [0, 0.1) is 0 Å². The Morgan fingerprint density at radius 2 is 2.14 bits per heavy atom. The SMILES string of the molecule is CCOc1cc(C(C)C(C)N)ncn1. The lowest BCUT2D eigenvalue weighted by Crippen LogP contribution is -2.23. The van der Waals surface area contributed by atoms with E-state index < -0.39 is 0 Å². The minimum absolute atomic E-state index is 0.0828. The second kappa shape index (κ2) is 4.91. The summed E-state index contributed by atoms with van der Waals surface area (Å²) in [5.74, 6) is 0.835. The summed E-state index contributed by atoms with van der Waals surface area (Å²) in [5, 5.41) is 0. The van der Waals surface area contributed by atoms with Gasteiger partial charge in [-0.15, -0.1) is 0 Å². The Hall–Kier alpha value is -1.16. The maximum atomic E-state index is 5.79. The molecule has 2 N–H and O–H groups in total. The third kappa shape index (κ3) is 2.67. The van der Waals surface area contributed by atoms with Gasteiger partial charge in [-0.25, -0.2) is 9.97 Å². The fourth-order valence-corrected chi connectivity index (χ4v) is 1.10. The zero-order valence-corrected chi connectivity index (χ0v) is 8.90. The van der Waals surface area contributed by atoms with Crippen molar-refractivity contribution in [1.82, 2.24) is 9.97 Å². The van der Waals surface area contributed by atoms with Gasteiger partial charge < -0.3 is 10.5 Å². The number of hydrogen-bond donors (Lipinski definition) is 1. The Kier molecular flexibility index (Phi) is 3.83. The lowest BCUT2D eigenvalue weighted by atomic mass is 10.0. The van der Waals surface area contributed by atoms with Crippen molar-refractivity contribution in [2.24, 2.45) is 5.73 Å². The van der Waals surface area contributed by atoms with Crippen LogP contribution in [0.1, 0.15) is 32.4 Å². The molecule has 0 aliphatic carbocycles. The van der Waals surface area contributed by atoms with Crippen molar-refractivity contribution in [3.8, 4) is 5.88 Å². The van der Waals surface area contributed by atoms with Crippen molar-refractivity contribution >= 4 is 0 Å². The fourth-order valence-electron chi connectivity index (χ4n) is 1.10. The number of nitrogens with zero attached hydrogens (tertiary/aromatic N) is 2. The molecule has 2 unspecified atom stereocenters. The van der Waals surface area contributed by atoms with Gasteiger partial charge in [0.1, 0.15) is 6.33 Å². The van der Waals surface area contributed by atoms with Gasteiger partial charge in [0.2, 0.25) is 5.88 Å². The number of aromatic nitrogens is 2. The molecule has 0 radical (unpaired) electrons. The Morgan fingerprint density at radius 1 is 1.43 bits per heavy atom. The van der Waals surface area contributed by atoms with Gasteiger partial charge in [-0.1, -0.05) is 6.92 Å². The molecule has 14 heavy (non-hydrogen) atoms. The van der Waals surface area contributed by atoms with E-state index in [4.69, 9.17) is 10.5 Å². The van der Waals surface area contributed by atoms with Crippen LogP contribution in [0.2, 0.25) is 0 Å². The van der Waals surface area contributed by atoms with E-state index in [-0.39, 0.29) is 12.0 Å². The molecule has 2 atom stereocenters. The van der Waals surface area contributed by atoms with Gasteiger partial charge in [-0.3, -0.25) is 0 Å². The van der Waals surface area contributed by atoms with Crippen LogP contribution in [-0.2, 0) is 0 Å². The molecule has 0 aromatic carbocycles. The Labute approximate surface area is 84.5 Å². The number of nitrogens with two attached hydrogens (primary N) is 1. The Balaban J connectivity index is 2.82. The van der Waals surface area contributed by atoms with E-state index in [0.29, 0.717) is 12.5 Å².